The van der Waals surface area contributed by atoms with Crippen molar-refractivity contribution in [3.05, 3.63) is 35.4 Å². The summed E-state index contributed by atoms with van der Waals surface area (Å²) in [6.45, 7) is 1.65. The van der Waals surface area contributed by atoms with E-state index in [1.165, 1.54) is 17.0 Å². The van der Waals surface area contributed by atoms with E-state index in [-0.39, 0.29) is 24.4 Å². The molecule has 0 radical (unpaired) electrons. The van der Waals surface area contributed by atoms with Crippen LogP contribution >= 0.6 is 0 Å². The number of nitrogens with one attached hydrogen (secondary N) is 1. The topological polar surface area (TPSA) is 69.6 Å². The monoisotopic (exact) mass is 292 g/mol. The molecule has 1 aromatic rings. The third-order valence-corrected chi connectivity index (χ3v) is 4.33. The summed E-state index contributed by atoms with van der Waals surface area (Å²) in [4.78, 5) is 24.8. The molecule has 2 heterocycles. The standard InChI is InChI=1S/C15H17FN2O3/c16-15-4-5-17-7-12(15)9-18(14(15)21)8-10-2-1-3-11(6-10)13(19)20/h1-3,6,12,17H,4-5,7-9H2,(H,19,20)/t12-,15+/m0/s1. The number of piperidine rings is 1. The number of nitrogens with zero attached hydrogens (tertiary/aromatic N) is 1. The molecule has 2 aliphatic heterocycles. The maximum Gasteiger partial charge on any atom is 0.335 e. The van der Waals surface area contributed by atoms with Gasteiger partial charge in [0.15, 0.2) is 5.67 Å². The summed E-state index contributed by atoms with van der Waals surface area (Å²) < 4.78 is 14.8. The minimum Gasteiger partial charge on any atom is -0.478 e. The number of aromatic carboxylic acids is 1. The van der Waals surface area contributed by atoms with Gasteiger partial charge in [0.2, 0.25) is 0 Å². The average Bonchev–Trinajstić information content (AvgIpc) is 2.72. The molecule has 2 aliphatic rings. The van der Waals surface area contributed by atoms with Gasteiger partial charge in [0.05, 0.1) is 5.56 Å². The number of amides is 1. The molecule has 2 saturated heterocycles. The highest BCUT2D eigenvalue weighted by molar-refractivity contribution is 5.89. The molecule has 0 spiro atoms. The van der Waals surface area contributed by atoms with E-state index in [4.69, 9.17) is 5.11 Å². The van der Waals surface area contributed by atoms with Crippen LogP contribution in [0, 0.1) is 5.92 Å². The Balaban J connectivity index is 1.78. The Bertz CT molecular complexity index is 592. The maximum atomic E-state index is 14.8. The first-order chi connectivity index (χ1) is 10.0. The first kappa shape index (κ1) is 14.0. The molecule has 0 aliphatic carbocycles. The van der Waals surface area contributed by atoms with Crippen LogP contribution in [0.5, 0.6) is 0 Å². The second-order valence-corrected chi connectivity index (χ2v) is 5.70. The number of hydrogen-bond acceptors (Lipinski definition) is 3. The van der Waals surface area contributed by atoms with Gasteiger partial charge in [-0.1, -0.05) is 12.1 Å². The first-order valence-corrected chi connectivity index (χ1v) is 7.02. The van der Waals surface area contributed by atoms with Gasteiger partial charge in [0.1, 0.15) is 0 Å². The second-order valence-electron chi connectivity index (χ2n) is 5.70. The Morgan fingerprint density at radius 2 is 2.33 bits per heavy atom. The minimum absolute atomic E-state index is 0.174. The number of hydrogen-bond donors (Lipinski definition) is 2. The van der Waals surface area contributed by atoms with Gasteiger partial charge in [-0.3, -0.25) is 4.79 Å². The van der Waals surface area contributed by atoms with Gasteiger partial charge in [-0.05, 0) is 24.2 Å². The number of benzene rings is 1. The van der Waals surface area contributed by atoms with E-state index < -0.39 is 17.5 Å². The number of carbonyl (C=O) groups is 2. The molecule has 3 rings (SSSR count). The number of fused-ring (bicyclic) bond motifs is 1. The molecule has 1 amide bonds. The smallest absolute Gasteiger partial charge is 0.335 e. The lowest BCUT2D eigenvalue weighted by Gasteiger charge is -2.29. The molecular formula is C15H17FN2O3. The molecule has 0 bridgehead atoms. The Morgan fingerprint density at radius 1 is 1.52 bits per heavy atom. The largest absolute Gasteiger partial charge is 0.478 e. The van der Waals surface area contributed by atoms with Crippen LogP contribution < -0.4 is 5.32 Å². The van der Waals surface area contributed by atoms with E-state index in [0.717, 1.165) is 0 Å². The summed E-state index contributed by atoms with van der Waals surface area (Å²) in [5.41, 5.74) is -0.873. The van der Waals surface area contributed by atoms with Crippen molar-refractivity contribution in [1.82, 2.24) is 10.2 Å². The third kappa shape index (κ3) is 2.40. The molecule has 0 aromatic heterocycles. The number of carbonyl (C=O) groups excluding carboxylic acids is 1. The van der Waals surface area contributed by atoms with Crippen molar-refractivity contribution in [2.75, 3.05) is 19.6 Å². The number of carboxylic acid groups (broad SMARTS) is 1. The predicted octanol–water partition coefficient (Wildman–Crippen LogP) is 1.04. The molecule has 112 valence electrons. The molecule has 0 saturated carbocycles. The van der Waals surface area contributed by atoms with Crippen LogP contribution in [0.4, 0.5) is 4.39 Å². The second kappa shape index (κ2) is 5.11. The molecule has 2 fully saturated rings. The predicted molar refractivity (Wildman–Crippen MR) is 73.6 cm³/mol. The summed E-state index contributed by atoms with van der Waals surface area (Å²) in [5.74, 6) is -1.79. The maximum absolute atomic E-state index is 14.8. The fraction of sp³-hybridized carbons (Fsp3) is 0.467. The lowest BCUT2D eigenvalue weighted by molar-refractivity contribution is -0.140. The van der Waals surface area contributed by atoms with Crippen LogP contribution in [-0.4, -0.2) is 47.2 Å². The van der Waals surface area contributed by atoms with Gasteiger partial charge >= 0.3 is 5.97 Å². The van der Waals surface area contributed by atoms with Crippen LogP contribution in [0.25, 0.3) is 0 Å². The van der Waals surface area contributed by atoms with Crippen LogP contribution in [0.2, 0.25) is 0 Å². The number of rotatable bonds is 3. The van der Waals surface area contributed by atoms with Gasteiger partial charge in [-0.15, -0.1) is 0 Å². The van der Waals surface area contributed by atoms with Gasteiger partial charge < -0.3 is 15.3 Å². The number of halogens is 1. The Labute approximate surface area is 121 Å². The zero-order valence-electron chi connectivity index (χ0n) is 11.5. The van der Waals surface area contributed by atoms with Crippen molar-refractivity contribution in [3.8, 4) is 0 Å². The number of alkyl halides is 1. The van der Waals surface area contributed by atoms with Crippen molar-refractivity contribution >= 4 is 11.9 Å². The fourth-order valence-corrected chi connectivity index (χ4v) is 3.17. The molecule has 1 aromatic carbocycles. The normalized spacial score (nSPS) is 28.5. The lowest BCUT2D eigenvalue weighted by atomic mass is 9.86. The first-order valence-electron chi connectivity index (χ1n) is 7.02. The van der Waals surface area contributed by atoms with Crippen molar-refractivity contribution in [1.29, 1.82) is 0 Å². The minimum atomic E-state index is -1.75. The number of carboxylic acids is 1. The summed E-state index contributed by atoms with van der Waals surface area (Å²) >= 11 is 0. The van der Waals surface area contributed by atoms with Gasteiger partial charge in [-0.2, -0.15) is 0 Å². The Morgan fingerprint density at radius 3 is 3.05 bits per heavy atom. The fourth-order valence-electron chi connectivity index (χ4n) is 3.17. The van der Waals surface area contributed by atoms with E-state index >= 15 is 0 Å². The highest BCUT2D eigenvalue weighted by Crippen LogP contribution is 2.38. The highest BCUT2D eigenvalue weighted by atomic mass is 19.1. The lowest BCUT2D eigenvalue weighted by Crippen LogP contribution is -2.49. The SMILES string of the molecule is O=C(O)c1cccc(CN2C[C@@H]3CNCC[C@]3(F)C2=O)c1. The summed E-state index contributed by atoms with van der Waals surface area (Å²) in [5, 5.41) is 12.1. The van der Waals surface area contributed by atoms with Crippen molar-refractivity contribution in [2.45, 2.75) is 18.6 Å². The summed E-state index contributed by atoms with van der Waals surface area (Å²) in [6.07, 6.45) is 0.210. The van der Waals surface area contributed by atoms with Gasteiger partial charge in [0, 0.05) is 32.0 Å². The Kier molecular flexibility index (Phi) is 3.41. The van der Waals surface area contributed by atoms with Crippen LogP contribution in [-0.2, 0) is 11.3 Å². The van der Waals surface area contributed by atoms with Gasteiger partial charge in [0.25, 0.3) is 5.91 Å². The molecule has 21 heavy (non-hydrogen) atoms. The quantitative estimate of drug-likeness (QED) is 0.873. The van der Waals surface area contributed by atoms with E-state index in [9.17, 15) is 14.0 Å². The molecule has 0 unspecified atom stereocenters. The third-order valence-electron chi connectivity index (χ3n) is 4.33. The summed E-state index contributed by atoms with van der Waals surface area (Å²) in [7, 11) is 0. The molecule has 5 nitrogen and oxygen atoms in total. The van der Waals surface area contributed by atoms with Crippen LogP contribution in [0.3, 0.4) is 0 Å². The zero-order chi connectivity index (χ0) is 15.0. The van der Waals surface area contributed by atoms with E-state index in [0.29, 0.717) is 25.2 Å². The summed E-state index contributed by atoms with van der Waals surface area (Å²) in [6, 6.07) is 6.42. The van der Waals surface area contributed by atoms with Crippen molar-refractivity contribution < 1.29 is 19.1 Å². The highest BCUT2D eigenvalue weighted by Gasteiger charge is 2.55. The van der Waals surface area contributed by atoms with Crippen molar-refractivity contribution in [2.24, 2.45) is 5.92 Å². The molecule has 2 N–H and O–H groups in total. The van der Waals surface area contributed by atoms with Crippen molar-refractivity contribution in [3.63, 3.8) is 0 Å². The molecule has 2 atom stereocenters. The molecule has 6 heteroatoms. The van der Waals surface area contributed by atoms with E-state index in [1.54, 1.807) is 12.1 Å². The van der Waals surface area contributed by atoms with Crippen LogP contribution in [0.15, 0.2) is 24.3 Å². The van der Waals surface area contributed by atoms with Crippen LogP contribution in [0.1, 0.15) is 22.3 Å². The van der Waals surface area contributed by atoms with E-state index in [2.05, 4.69) is 5.32 Å². The zero-order valence-corrected chi connectivity index (χ0v) is 11.5. The van der Waals surface area contributed by atoms with Gasteiger partial charge in [-0.25, -0.2) is 9.18 Å². The average molecular weight is 292 g/mol. The van der Waals surface area contributed by atoms with E-state index in [1.807, 2.05) is 0 Å². The Hall–Kier alpha value is -1.95. The number of likely N-dealkylation sites (tertiary alicyclic amines) is 1. The molecular weight excluding hydrogens is 275 g/mol.